The van der Waals surface area contributed by atoms with Gasteiger partial charge in [-0.25, -0.2) is 4.79 Å². The van der Waals surface area contributed by atoms with Crippen LogP contribution in [-0.4, -0.2) is 31.4 Å². The Balaban J connectivity index is 2.45. The summed E-state index contributed by atoms with van der Waals surface area (Å²) in [7, 11) is 1.63. The summed E-state index contributed by atoms with van der Waals surface area (Å²) in [5.41, 5.74) is 0.622. The Bertz CT molecular complexity index is 522. The lowest BCUT2D eigenvalue weighted by molar-refractivity contribution is 0.0523. The van der Waals surface area contributed by atoms with Crippen LogP contribution in [-0.2, 0) is 11.3 Å². The number of hydrogen-bond acceptors (Lipinski definition) is 4. The molecule has 0 saturated heterocycles. The van der Waals surface area contributed by atoms with E-state index in [1.807, 2.05) is 39.8 Å². The summed E-state index contributed by atoms with van der Waals surface area (Å²) < 4.78 is 12.3. The molecule has 7 heteroatoms. The van der Waals surface area contributed by atoms with E-state index >= 15 is 0 Å². The zero-order chi connectivity index (χ0) is 17.6. The van der Waals surface area contributed by atoms with Gasteiger partial charge in [-0.2, -0.15) is 0 Å². The first-order valence-electron chi connectivity index (χ1n) is 7.34. The second kappa shape index (κ2) is 8.89. The van der Waals surface area contributed by atoms with Gasteiger partial charge in [0.05, 0.1) is 16.1 Å². The van der Waals surface area contributed by atoms with E-state index in [2.05, 4.69) is 42.5 Å². The molecule has 1 amide bonds. The van der Waals surface area contributed by atoms with E-state index in [0.29, 0.717) is 13.1 Å². The lowest BCUT2D eigenvalue weighted by atomic mass is 10.2. The van der Waals surface area contributed by atoms with E-state index in [9.17, 15) is 4.79 Å². The van der Waals surface area contributed by atoms with E-state index in [1.54, 1.807) is 7.11 Å². The topological polar surface area (TPSA) is 59.6 Å². The third-order valence-corrected chi connectivity index (χ3v) is 4.05. The highest BCUT2D eigenvalue weighted by molar-refractivity contribution is 9.11. The van der Waals surface area contributed by atoms with Crippen LogP contribution in [0.1, 0.15) is 33.3 Å². The minimum absolute atomic E-state index is 0.113. The summed E-state index contributed by atoms with van der Waals surface area (Å²) >= 11 is 6.97. The van der Waals surface area contributed by atoms with Crippen LogP contribution in [0.3, 0.4) is 0 Å². The van der Waals surface area contributed by atoms with Gasteiger partial charge in [-0.1, -0.05) is 0 Å². The summed E-state index contributed by atoms with van der Waals surface area (Å²) in [6.07, 6.45) is -0.402. The van der Waals surface area contributed by atoms with Gasteiger partial charge in [0.1, 0.15) is 11.4 Å². The van der Waals surface area contributed by atoms with Crippen molar-refractivity contribution in [2.24, 2.45) is 0 Å². The molecule has 1 unspecified atom stereocenters. The largest absolute Gasteiger partial charge is 0.494 e. The maximum Gasteiger partial charge on any atom is 0.407 e. The number of alkyl carbamates (subject to hydrolysis) is 1. The van der Waals surface area contributed by atoms with Gasteiger partial charge in [0, 0.05) is 19.1 Å². The van der Waals surface area contributed by atoms with E-state index in [-0.39, 0.29) is 6.04 Å². The first-order chi connectivity index (χ1) is 10.6. The van der Waals surface area contributed by atoms with Gasteiger partial charge in [-0.05, 0) is 77.3 Å². The number of rotatable bonds is 6. The third-order valence-electron chi connectivity index (χ3n) is 2.87. The molecule has 1 rings (SSSR count). The molecule has 0 aliphatic rings. The first kappa shape index (κ1) is 20.3. The maximum absolute atomic E-state index is 11.6. The fraction of sp³-hybridized carbons (Fsp3) is 0.562. The number of methoxy groups -OCH3 is 1. The number of ether oxygens (including phenoxy) is 2. The molecular weight excluding hydrogens is 428 g/mol. The molecule has 0 radical (unpaired) electrons. The molecule has 130 valence electrons. The SMILES string of the molecule is COc1c(Br)cc(CNC(C)CNC(=O)OC(C)(C)C)cc1Br. The molecule has 0 bridgehead atoms. The maximum atomic E-state index is 11.6. The van der Waals surface area contributed by atoms with Gasteiger partial charge < -0.3 is 20.1 Å². The summed E-state index contributed by atoms with van der Waals surface area (Å²) in [6.45, 7) is 8.70. The van der Waals surface area contributed by atoms with Crippen molar-refractivity contribution in [1.82, 2.24) is 10.6 Å². The minimum Gasteiger partial charge on any atom is -0.494 e. The van der Waals surface area contributed by atoms with Crippen LogP contribution >= 0.6 is 31.9 Å². The molecule has 0 aliphatic carbocycles. The predicted molar refractivity (Wildman–Crippen MR) is 98.9 cm³/mol. The Morgan fingerprint density at radius 2 is 1.83 bits per heavy atom. The fourth-order valence-electron chi connectivity index (χ4n) is 1.82. The molecule has 1 aromatic rings. The first-order valence-corrected chi connectivity index (χ1v) is 8.93. The zero-order valence-corrected chi connectivity index (χ0v) is 17.3. The van der Waals surface area contributed by atoms with Crippen LogP contribution in [0.5, 0.6) is 5.75 Å². The number of nitrogens with one attached hydrogen (secondary N) is 2. The number of hydrogen-bond donors (Lipinski definition) is 2. The molecule has 0 fully saturated rings. The van der Waals surface area contributed by atoms with Crippen molar-refractivity contribution in [2.75, 3.05) is 13.7 Å². The smallest absolute Gasteiger partial charge is 0.407 e. The number of carbonyl (C=O) groups is 1. The number of carbonyl (C=O) groups excluding carboxylic acids is 1. The summed E-state index contributed by atoms with van der Waals surface area (Å²) in [4.78, 5) is 11.6. The highest BCUT2D eigenvalue weighted by atomic mass is 79.9. The second-order valence-corrected chi connectivity index (χ2v) is 7.97. The minimum atomic E-state index is -0.484. The Labute approximate surface area is 154 Å². The molecule has 0 heterocycles. The molecule has 0 saturated carbocycles. The van der Waals surface area contributed by atoms with Gasteiger partial charge in [-0.15, -0.1) is 0 Å². The van der Waals surface area contributed by atoms with Crippen LogP contribution in [0.2, 0.25) is 0 Å². The van der Waals surface area contributed by atoms with Gasteiger partial charge in [0.15, 0.2) is 0 Å². The molecular formula is C16H24Br2N2O3. The highest BCUT2D eigenvalue weighted by Crippen LogP contribution is 2.34. The fourth-order valence-corrected chi connectivity index (χ4v) is 3.43. The summed E-state index contributed by atoms with van der Waals surface area (Å²) in [5, 5.41) is 6.11. The average molecular weight is 452 g/mol. The van der Waals surface area contributed by atoms with Crippen molar-refractivity contribution < 1.29 is 14.3 Å². The van der Waals surface area contributed by atoms with Gasteiger partial charge in [0.2, 0.25) is 0 Å². The monoisotopic (exact) mass is 450 g/mol. The number of amides is 1. The molecule has 1 aromatic carbocycles. The second-order valence-electron chi connectivity index (χ2n) is 6.26. The van der Waals surface area contributed by atoms with Crippen molar-refractivity contribution in [1.29, 1.82) is 0 Å². The Hall–Kier alpha value is -0.790. The summed E-state index contributed by atoms with van der Waals surface area (Å²) in [6, 6.07) is 4.12. The van der Waals surface area contributed by atoms with E-state index < -0.39 is 11.7 Å². The van der Waals surface area contributed by atoms with Crippen molar-refractivity contribution in [2.45, 2.75) is 45.9 Å². The molecule has 23 heavy (non-hydrogen) atoms. The molecule has 0 spiro atoms. The number of halogens is 2. The quantitative estimate of drug-likeness (QED) is 0.679. The van der Waals surface area contributed by atoms with Crippen LogP contribution in [0, 0.1) is 0 Å². The average Bonchev–Trinajstić information content (AvgIpc) is 2.41. The van der Waals surface area contributed by atoms with Crippen molar-refractivity contribution in [3.8, 4) is 5.75 Å². The molecule has 5 nitrogen and oxygen atoms in total. The predicted octanol–water partition coefficient (Wildman–Crippen LogP) is 4.22. The Morgan fingerprint density at radius 1 is 1.26 bits per heavy atom. The molecule has 0 aromatic heterocycles. The van der Waals surface area contributed by atoms with Crippen LogP contribution in [0.15, 0.2) is 21.1 Å². The van der Waals surface area contributed by atoms with Crippen LogP contribution < -0.4 is 15.4 Å². The van der Waals surface area contributed by atoms with Crippen molar-refractivity contribution in [3.05, 3.63) is 26.6 Å². The van der Waals surface area contributed by atoms with Crippen LogP contribution in [0.25, 0.3) is 0 Å². The number of benzene rings is 1. The molecule has 1 atom stereocenters. The van der Waals surface area contributed by atoms with Crippen molar-refractivity contribution >= 4 is 38.0 Å². The van der Waals surface area contributed by atoms with Gasteiger partial charge in [-0.3, -0.25) is 0 Å². The lowest BCUT2D eigenvalue weighted by Gasteiger charge is -2.21. The normalized spacial score (nSPS) is 12.7. The van der Waals surface area contributed by atoms with Crippen molar-refractivity contribution in [3.63, 3.8) is 0 Å². The van der Waals surface area contributed by atoms with Crippen LogP contribution in [0.4, 0.5) is 4.79 Å². The Kier molecular flexibility index (Phi) is 7.83. The third kappa shape index (κ3) is 7.54. The van der Waals surface area contributed by atoms with E-state index in [4.69, 9.17) is 9.47 Å². The highest BCUT2D eigenvalue weighted by Gasteiger charge is 2.16. The van der Waals surface area contributed by atoms with E-state index in [0.717, 1.165) is 20.3 Å². The summed E-state index contributed by atoms with van der Waals surface area (Å²) in [5.74, 6) is 0.772. The lowest BCUT2D eigenvalue weighted by Crippen LogP contribution is -2.41. The molecule has 2 N–H and O–H groups in total. The zero-order valence-electron chi connectivity index (χ0n) is 14.1. The molecule has 0 aliphatic heterocycles. The standard InChI is InChI=1S/C16H24Br2N2O3/c1-10(8-20-15(21)23-16(2,3)4)19-9-11-6-12(17)14(22-5)13(18)7-11/h6-7,10,19H,8-9H2,1-5H3,(H,20,21). The van der Waals surface area contributed by atoms with Gasteiger partial charge >= 0.3 is 6.09 Å². The van der Waals surface area contributed by atoms with Gasteiger partial charge in [0.25, 0.3) is 0 Å². The Morgan fingerprint density at radius 3 is 2.30 bits per heavy atom. The van der Waals surface area contributed by atoms with E-state index in [1.165, 1.54) is 0 Å².